The number of pyridine rings is 1. The Labute approximate surface area is 137 Å². The molecule has 0 atom stereocenters. The number of hydrogen-bond acceptors (Lipinski definition) is 4. The van der Waals surface area contributed by atoms with E-state index in [0.717, 1.165) is 5.56 Å². The average molecular weight is 346 g/mol. The molecule has 1 heterocycles. The van der Waals surface area contributed by atoms with E-state index in [0.29, 0.717) is 17.3 Å². The highest BCUT2D eigenvalue weighted by Gasteiger charge is 2.17. The van der Waals surface area contributed by atoms with Crippen LogP contribution < -0.4 is 5.32 Å². The van der Waals surface area contributed by atoms with Crippen LogP contribution in [-0.2, 0) is 11.3 Å². The maximum atomic E-state index is 11.6. The molecule has 0 aliphatic heterocycles. The third-order valence-electron chi connectivity index (χ3n) is 2.70. The number of hydrogen-bond donors (Lipinski definition) is 1. The zero-order valence-electron chi connectivity index (χ0n) is 11.0. The molecule has 7 heteroatoms. The number of nitrogens with zero attached hydrogens (tertiary/aromatic N) is 1. The van der Waals surface area contributed by atoms with Crippen molar-refractivity contribution in [3.05, 3.63) is 56.8 Å². The van der Waals surface area contributed by atoms with Gasteiger partial charge in [-0.2, -0.15) is 0 Å². The third kappa shape index (κ3) is 4.00. The van der Waals surface area contributed by atoms with Gasteiger partial charge in [0.2, 0.25) is 0 Å². The SMILES string of the molecule is COC(=O)c1nc(Cl)cc(NCc2ccc(Cl)cc2)c1Cl. The molecule has 0 aliphatic rings. The molecule has 0 bridgehead atoms. The Morgan fingerprint density at radius 3 is 2.52 bits per heavy atom. The number of benzene rings is 1. The van der Waals surface area contributed by atoms with E-state index in [-0.39, 0.29) is 15.9 Å². The smallest absolute Gasteiger partial charge is 0.358 e. The topological polar surface area (TPSA) is 51.2 Å². The lowest BCUT2D eigenvalue weighted by Crippen LogP contribution is -2.08. The van der Waals surface area contributed by atoms with Gasteiger partial charge >= 0.3 is 5.97 Å². The highest BCUT2D eigenvalue weighted by atomic mass is 35.5. The molecule has 1 aromatic carbocycles. The van der Waals surface area contributed by atoms with E-state index in [1.165, 1.54) is 7.11 Å². The molecule has 21 heavy (non-hydrogen) atoms. The van der Waals surface area contributed by atoms with Gasteiger partial charge in [-0.3, -0.25) is 0 Å². The second kappa shape index (κ2) is 6.98. The molecule has 0 unspecified atom stereocenters. The molecule has 1 aromatic heterocycles. The van der Waals surface area contributed by atoms with E-state index < -0.39 is 5.97 Å². The Morgan fingerprint density at radius 2 is 1.90 bits per heavy atom. The van der Waals surface area contributed by atoms with Crippen LogP contribution in [-0.4, -0.2) is 18.1 Å². The number of halogens is 3. The van der Waals surface area contributed by atoms with Crippen molar-refractivity contribution >= 4 is 46.5 Å². The summed E-state index contributed by atoms with van der Waals surface area (Å²) >= 11 is 17.9. The molecular weight excluding hydrogens is 335 g/mol. The van der Waals surface area contributed by atoms with Crippen LogP contribution >= 0.6 is 34.8 Å². The van der Waals surface area contributed by atoms with Crippen LogP contribution in [0.2, 0.25) is 15.2 Å². The monoisotopic (exact) mass is 344 g/mol. The number of aromatic nitrogens is 1. The standard InChI is InChI=1S/C14H11Cl3N2O2/c1-21-14(20)13-12(17)10(6-11(16)19-13)18-7-8-2-4-9(15)5-3-8/h2-6H,7H2,1H3,(H,18,19). The molecule has 0 fully saturated rings. The summed E-state index contributed by atoms with van der Waals surface area (Å²) < 4.78 is 4.62. The minimum absolute atomic E-state index is 0.0229. The molecule has 0 aliphatic carbocycles. The second-order valence-corrected chi connectivity index (χ2v) is 5.33. The molecule has 2 aromatic rings. The summed E-state index contributed by atoms with van der Waals surface area (Å²) in [5, 5.41) is 4.08. The first-order valence-corrected chi connectivity index (χ1v) is 7.07. The van der Waals surface area contributed by atoms with Gasteiger partial charge in [-0.15, -0.1) is 0 Å². The van der Waals surface area contributed by atoms with E-state index in [2.05, 4.69) is 15.0 Å². The molecule has 0 radical (unpaired) electrons. The van der Waals surface area contributed by atoms with E-state index in [4.69, 9.17) is 34.8 Å². The van der Waals surface area contributed by atoms with Gasteiger partial charge in [0.15, 0.2) is 5.69 Å². The zero-order valence-corrected chi connectivity index (χ0v) is 13.3. The molecular formula is C14H11Cl3N2O2. The van der Waals surface area contributed by atoms with Crippen molar-refractivity contribution in [3.8, 4) is 0 Å². The van der Waals surface area contributed by atoms with Gasteiger partial charge in [0.05, 0.1) is 17.8 Å². The number of carbonyl (C=O) groups excluding carboxylic acids is 1. The lowest BCUT2D eigenvalue weighted by Gasteiger charge is -2.11. The zero-order chi connectivity index (χ0) is 15.4. The second-order valence-electron chi connectivity index (χ2n) is 4.13. The van der Waals surface area contributed by atoms with Crippen LogP contribution in [0.1, 0.15) is 16.1 Å². The summed E-state index contributed by atoms with van der Waals surface area (Å²) in [6.07, 6.45) is 0. The van der Waals surface area contributed by atoms with Gasteiger partial charge in [-0.1, -0.05) is 46.9 Å². The summed E-state index contributed by atoms with van der Waals surface area (Å²) in [4.78, 5) is 15.5. The maximum absolute atomic E-state index is 11.6. The van der Waals surface area contributed by atoms with Gasteiger partial charge in [-0.05, 0) is 17.7 Å². The van der Waals surface area contributed by atoms with E-state index in [1.807, 2.05) is 12.1 Å². The number of anilines is 1. The van der Waals surface area contributed by atoms with Gasteiger partial charge in [0.1, 0.15) is 5.15 Å². The lowest BCUT2D eigenvalue weighted by molar-refractivity contribution is 0.0594. The van der Waals surface area contributed by atoms with Crippen molar-refractivity contribution in [2.75, 3.05) is 12.4 Å². The van der Waals surface area contributed by atoms with Crippen LogP contribution in [0.15, 0.2) is 30.3 Å². The van der Waals surface area contributed by atoms with E-state index in [1.54, 1.807) is 18.2 Å². The van der Waals surface area contributed by atoms with E-state index in [9.17, 15) is 4.79 Å². The van der Waals surface area contributed by atoms with Crippen LogP contribution in [0.3, 0.4) is 0 Å². The van der Waals surface area contributed by atoms with Crippen molar-refractivity contribution in [2.24, 2.45) is 0 Å². The fraction of sp³-hybridized carbons (Fsp3) is 0.143. The van der Waals surface area contributed by atoms with Crippen molar-refractivity contribution < 1.29 is 9.53 Å². The first-order valence-electron chi connectivity index (χ1n) is 5.94. The molecule has 0 spiro atoms. The van der Waals surface area contributed by atoms with Gasteiger partial charge in [-0.25, -0.2) is 9.78 Å². The lowest BCUT2D eigenvalue weighted by atomic mass is 10.2. The number of rotatable bonds is 4. The third-order valence-corrected chi connectivity index (χ3v) is 3.53. The van der Waals surface area contributed by atoms with Crippen LogP contribution in [0.5, 0.6) is 0 Å². The molecule has 4 nitrogen and oxygen atoms in total. The van der Waals surface area contributed by atoms with Gasteiger partial charge in [0.25, 0.3) is 0 Å². The first kappa shape index (κ1) is 15.9. The number of carbonyl (C=O) groups is 1. The molecule has 1 N–H and O–H groups in total. The largest absolute Gasteiger partial charge is 0.464 e. The van der Waals surface area contributed by atoms with Crippen LogP contribution in [0.25, 0.3) is 0 Å². The van der Waals surface area contributed by atoms with E-state index >= 15 is 0 Å². The fourth-order valence-electron chi connectivity index (χ4n) is 1.66. The normalized spacial score (nSPS) is 10.3. The molecule has 2 rings (SSSR count). The predicted molar refractivity (Wildman–Crippen MR) is 84.4 cm³/mol. The van der Waals surface area contributed by atoms with Crippen molar-refractivity contribution in [1.29, 1.82) is 0 Å². The number of nitrogens with one attached hydrogen (secondary N) is 1. The minimum atomic E-state index is -0.642. The fourth-order valence-corrected chi connectivity index (χ4v) is 2.22. The van der Waals surface area contributed by atoms with Crippen molar-refractivity contribution in [1.82, 2.24) is 4.98 Å². The Hall–Kier alpha value is -1.49. The molecule has 0 amide bonds. The Morgan fingerprint density at radius 1 is 1.24 bits per heavy atom. The highest BCUT2D eigenvalue weighted by molar-refractivity contribution is 6.37. The number of ether oxygens (including phenoxy) is 1. The minimum Gasteiger partial charge on any atom is -0.464 e. The summed E-state index contributed by atoms with van der Waals surface area (Å²) in [7, 11) is 1.25. The van der Waals surface area contributed by atoms with Crippen molar-refractivity contribution in [2.45, 2.75) is 6.54 Å². The first-order chi connectivity index (χ1) is 10.0. The quantitative estimate of drug-likeness (QED) is 0.657. The Balaban J connectivity index is 2.21. The van der Waals surface area contributed by atoms with Gasteiger partial charge < -0.3 is 10.1 Å². The molecule has 0 saturated carbocycles. The van der Waals surface area contributed by atoms with Crippen LogP contribution in [0.4, 0.5) is 5.69 Å². The average Bonchev–Trinajstić information content (AvgIpc) is 2.48. The highest BCUT2D eigenvalue weighted by Crippen LogP contribution is 2.28. The van der Waals surface area contributed by atoms with Gasteiger partial charge in [0, 0.05) is 17.6 Å². The summed E-state index contributed by atoms with van der Waals surface area (Å²) in [5.74, 6) is -0.642. The predicted octanol–water partition coefficient (Wildman–Crippen LogP) is 4.44. The Kier molecular flexibility index (Phi) is 5.28. The summed E-state index contributed by atoms with van der Waals surface area (Å²) in [6.45, 7) is 0.498. The number of methoxy groups -OCH3 is 1. The van der Waals surface area contributed by atoms with Crippen molar-refractivity contribution in [3.63, 3.8) is 0 Å². The maximum Gasteiger partial charge on any atom is 0.358 e. The summed E-state index contributed by atoms with van der Waals surface area (Å²) in [6, 6.07) is 8.89. The number of esters is 1. The molecule has 110 valence electrons. The Bertz CT molecular complexity index is 660. The summed E-state index contributed by atoms with van der Waals surface area (Å²) in [5.41, 5.74) is 1.49. The van der Waals surface area contributed by atoms with Crippen LogP contribution in [0, 0.1) is 0 Å². The molecule has 0 saturated heterocycles.